The standard InChI is InChI=1S/C17H23N3O3/c1-12-3-4-14(18-8-12)7-16(21)20-6-5-15-13(10-20)9-19(2)17(22)11-23-15/h3-4,8,13,15H,5-7,9-11H2,1-2H3/t13-,15-/m0/s1. The molecule has 0 saturated carbocycles. The molecule has 2 aliphatic heterocycles. The molecule has 6 nitrogen and oxygen atoms in total. The second-order valence-electron chi connectivity index (χ2n) is 6.52. The molecule has 3 heterocycles. The smallest absolute Gasteiger partial charge is 0.248 e. The van der Waals surface area contributed by atoms with Crippen molar-refractivity contribution in [2.75, 3.05) is 33.3 Å². The van der Waals surface area contributed by atoms with Gasteiger partial charge in [0.15, 0.2) is 0 Å². The number of rotatable bonds is 2. The van der Waals surface area contributed by atoms with Crippen molar-refractivity contribution in [3.05, 3.63) is 29.6 Å². The Labute approximate surface area is 136 Å². The Bertz CT molecular complexity index is 587. The summed E-state index contributed by atoms with van der Waals surface area (Å²) in [6.07, 6.45) is 2.98. The van der Waals surface area contributed by atoms with Crippen LogP contribution in [0.25, 0.3) is 0 Å². The summed E-state index contributed by atoms with van der Waals surface area (Å²) < 4.78 is 5.71. The first-order chi connectivity index (χ1) is 11.0. The highest BCUT2D eigenvalue weighted by Crippen LogP contribution is 2.24. The molecule has 1 aromatic heterocycles. The van der Waals surface area contributed by atoms with Crippen molar-refractivity contribution in [3.8, 4) is 0 Å². The van der Waals surface area contributed by atoms with Crippen molar-refractivity contribution in [2.24, 2.45) is 5.92 Å². The number of carbonyl (C=O) groups is 2. The topological polar surface area (TPSA) is 62.7 Å². The average Bonchev–Trinajstić information content (AvgIpc) is 2.68. The van der Waals surface area contributed by atoms with Crippen molar-refractivity contribution in [3.63, 3.8) is 0 Å². The Balaban J connectivity index is 1.62. The highest BCUT2D eigenvalue weighted by atomic mass is 16.5. The van der Waals surface area contributed by atoms with Gasteiger partial charge in [-0.25, -0.2) is 0 Å². The summed E-state index contributed by atoms with van der Waals surface area (Å²) in [6.45, 7) is 4.11. The van der Waals surface area contributed by atoms with Crippen molar-refractivity contribution >= 4 is 11.8 Å². The number of hydrogen-bond acceptors (Lipinski definition) is 4. The molecule has 2 amide bonds. The van der Waals surface area contributed by atoms with E-state index in [2.05, 4.69) is 4.98 Å². The molecule has 3 rings (SSSR count). The molecule has 2 atom stereocenters. The van der Waals surface area contributed by atoms with E-state index in [4.69, 9.17) is 4.74 Å². The van der Waals surface area contributed by atoms with Gasteiger partial charge in [-0.1, -0.05) is 6.07 Å². The maximum Gasteiger partial charge on any atom is 0.248 e. The molecule has 0 N–H and O–H groups in total. The van der Waals surface area contributed by atoms with Gasteiger partial charge < -0.3 is 14.5 Å². The summed E-state index contributed by atoms with van der Waals surface area (Å²) in [5, 5.41) is 0. The van der Waals surface area contributed by atoms with Gasteiger partial charge in [-0.2, -0.15) is 0 Å². The number of hydrogen-bond donors (Lipinski definition) is 0. The van der Waals surface area contributed by atoms with Crippen LogP contribution in [-0.4, -0.2) is 66.0 Å². The number of likely N-dealkylation sites (tertiary alicyclic amines) is 1. The van der Waals surface area contributed by atoms with Crippen LogP contribution in [-0.2, 0) is 20.7 Å². The summed E-state index contributed by atoms with van der Waals surface area (Å²) in [5.74, 6) is 0.300. The van der Waals surface area contributed by atoms with E-state index >= 15 is 0 Å². The molecule has 23 heavy (non-hydrogen) atoms. The van der Waals surface area contributed by atoms with Crippen LogP contribution in [0, 0.1) is 12.8 Å². The minimum atomic E-state index is 0.0149. The number of pyridine rings is 1. The third-order valence-electron chi connectivity index (χ3n) is 4.68. The quantitative estimate of drug-likeness (QED) is 0.803. The third kappa shape index (κ3) is 3.69. The molecule has 2 aliphatic rings. The zero-order valence-corrected chi connectivity index (χ0v) is 13.7. The van der Waals surface area contributed by atoms with E-state index in [9.17, 15) is 9.59 Å². The number of fused-ring (bicyclic) bond motifs is 1. The number of carbonyl (C=O) groups excluding carboxylic acids is 2. The first-order valence-electron chi connectivity index (χ1n) is 8.08. The van der Waals surface area contributed by atoms with Crippen LogP contribution in [0.3, 0.4) is 0 Å². The lowest BCUT2D eigenvalue weighted by Gasteiger charge is -2.37. The van der Waals surface area contributed by atoms with Gasteiger partial charge in [-0.3, -0.25) is 14.6 Å². The average molecular weight is 317 g/mol. The first-order valence-corrected chi connectivity index (χ1v) is 8.08. The fraction of sp³-hybridized carbons (Fsp3) is 0.588. The van der Waals surface area contributed by atoms with E-state index in [-0.39, 0.29) is 30.4 Å². The zero-order chi connectivity index (χ0) is 16.4. The molecule has 2 saturated heterocycles. The number of nitrogens with zero attached hydrogens (tertiary/aromatic N) is 3. The van der Waals surface area contributed by atoms with Crippen molar-refractivity contribution in [2.45, 2.75) is 25.9 Å². The normalized spacial score (nSPS) is 25.0. The van der Waals surface area contributed by atoms with Crippen molar-refractivity contribution in [1.29, 1.82) is 0 Å². The molecule has 124 valence electrons. The van der Waals surface area contributed by atoms with Crippen LogP contribution in [0.15, 0.2) is 18.3 Å². The van der Waals surface area contributed by atoms with E-state index in [1.54, 1.807) is 18.1 Å². The van der Waals surface area contributed by atoms with E-state index in [0.29, 0.717) is 26.1 Å². The van der Waals surface area contributed by atoms with E-state index < -0.39 is 0 Å². The fourth-order valence-electron chi connectivity index (χ4n) is 3.24. The second kappa shape index (κ2) is 6.66. The van der Waals surface area contributed by atoms with Gasteiger partial charge in [0.25, 0.3) is 0 Å². The molecular formula is C17H23N3O3. The summed E-state index contributed by atoms with van der Waals surface area (Å²) in [6, 6.07) is 3.88. The lowest BCUT2D eigenvalue weighted by molar-refractivity contribution is -0.137. The van der Waals surface area contributed by atoms with E-state index in [1.807, 2.05) is 24.0 Å². The molecule has 0 spiro atoms. The Morgan fingerprint density at radius 1 is 1.39 bits per heavy atom. The Hall–Kier alpha value is -1.95. The summed E-state index contributed by atoms with van der Waals surface area (Å²) in [5.41, 5.74) is 1.89. The van der Waals surface area contributed by atoms with Crippen LogP contribution in [0.4, 0.5) is 0 Å². The molecule has 0 bridgehead atoms. The minimum Gasteiger partial charge on any atom is -0.368 e. The molecular weight excluding hydrogens is 294 g/mol. The van der Waals surface area contributed by atoms with Crippen molar-refractivity contribution < 1.29 is 14.3 Å². The van der Waals surface area contributed by atoms with Gasteiger partial charge in [0.2, 0.25) is 11.8 Å². The fourth-order valence-corrected chi connectivity index (χ4v) is 3.24. The van der Waals surface area contributed by atoms with Crippen molar-refractivity contribution in [1.82, 2.24) is 14.8 Å². The molecule has 0 aromatic carbocycles. The Morgan fingerprint density at radius 3 is 2.96 bits per heavy atom. The van der Waals surface area contributed by atoms with Gasteiger partial charge >= 0.3 is 0 Å². The van der Waals surface area contributed by atoms with Gasteiger partial charge in [0.1, 0.15) is 6.61 Å². The van der Waals surface area contributed by atoms with Crippen LogP contribution in [0.5, 0.6) is 0 Å². The van der Waals surface area contributed by atoms with Crippen LogP contribution < -0.4 is 0 Å². The number of piperidine rings is 1. The molecule has 6 heteroatoms. The SMILES string of the molecule is Cc1ccc(CC(=O)N2CC[C@@H]3OCC(=O)N(C)C[C@H]3C2)nc1. The number of ether oxygens (including phenoxy) is 1. The highest BCUT2D eigenvalue weighted by Gasteiger charge is 2.36. The highest BCUT2D eigenvalue weighted by molar-refractivity contribution is 5.79. The first kappa shape index (κ1) is 15.9. The molecule has 0 aliphatic carbocycles. The summed E-state index contributed by atoms with van der Waals surface area (Å²) in [7, 11) is 1.80. The molecule has 1 aromatic rings. The molecule has 0 unspecified atom stereocenters. The van der Waals surface area contributed by atoms with Gasteiger partial charge in [-0.15, -0.1) is 0 Å². The van der Waals surface area contributed by atoms with Gasteiger partial charge in [-0.05, 0) is 25.0 Å². The van der Waals surface area contributed by atoms with Crippen LogP contribution in [0.1, 0.15) is 17.7 Å². The molecule has 2 fully saturated rings. The summed E-state index contributed by atoms with van der Waals surface area (Å²) in [4.78, 5) is 32.2. The number of aromatic nitrogens is 1. The van der Waals surface area contributed by atoms with Gasteiger partial charge in [0, 0.05) is 44.5 Å². The van der Waals surface area contributed by atoms with Crippen LogP contribution >= 0.6 is 0 Å². The Morgan fingerprint density at radius 2 is 2.22 bits per heavy atom. The second-order valence-corrected chi connectivity index (χ2v) is 6.52. The number of likely N-dealkylation sites (N-methyl/N-ethyl adjacent to an activating group) is 1. The maximum absolute atomic E-state index is 12.5. The van der Waals surface area contributed by atoms with E-state index in [0.717, 1.165) is 17.7 Å². The van der Waals surface area contributed by atoms with Crippen LogP contribution in [0.2, 0.25) is 0 Å². The third-order valence-corrected chi connectivity index (χ3v) is 4.68. The predicted molar refractivity (Wildman–Crippen MR) is 84.7 cm³/mol. The van der Waals surface area contributed by atoms with Gasteiger partial charge in [0.05, 0.1) is 12.5 Å². The lowest BCUT2D eigenvalue weighted by atomic mass is 9.94. The summed E-state index contributed by atoms with van der Waals surface area (Å²) >= 11 is 0. The largest absolute Gasteiger partial charge is 0.368 e. The lowest BCUT2D eigenvalue weighted by Crippen LogP contribution is -2.49. The monoisotopic (exact) mass is 317 g/mol. The number of amides is 2. The predicted octanol–water partition coefficient (Wildman–Crippen LogP) is 0.638. The number of aryl methyl sites for hydroxylation is 1. The maximum atomic E-state index is 12.5. The zero-order valence-electron chi connectivity index (χ0n) is 13.7. The molecule has 0 radical (unpaired) electrons. The Kier molecular flexibility index (Phi) is 4.61. The van der Waals surface area contributed by atoms with E-state index in [1.165, 1.54) is 0 Å². The minimum absolute atomic E-state index is 0.0149.